The molecule has 10 nitrogen and oxygen atoms in total. The number of ether oxygens (including phenoxy) is 1. The Bertz CT molecular complexity index is 1310. The van der Waals surface area contributed by atoms with Gasteiger partial charge in [0.05, 0.1) is 9.80 Å². The van der Waals surface area contributed by atoms with Gasteiger partial charge in [-0.1, -0.05) is 35.6 Å². The van der Waals surface area contributed by atoms with Crippen LogP contribution in [0, 0.1) is 0 Å². The molecule has 34 heavy (non-hydrogen) atoms. The average molecular weight is 542 g/mol. The molecule has 2 aromatic rings. The second kappa shape index (κ2) is 10.5. The molecule has 2 amide bonds. The molecule has 0 saturated carbocycles. The number of thiocarbonyl (C=S) groups is 1. The molecule has 0 atom stereocenters. The maximum Gasteiger partial charge on any atom is 0.323 e. The van der Waals surface area contributed by atoms with Gasteiger partial charge in [-0.2, -0.15) is 0 Å². The number of thioether (sulfide) groups is 1. The zero-order valence-electron chi connectivity index (χ0n) is 17.1. The van der Waals surface area contributed by atoms with Crippen LogP contribution in [0.5, 0.6) is 5.75 Å². The van der Waals surface area contributed by atoms with Gasteiger partial charge in [0, 0.05) is 16.3 Å². The third-order valence-electron chi connectivity index (χ3n) is 4.25. The highest BCUT2D eigenvalue weighted by molar-refractivity contribution is 8.26. The van der Waals surface area contributed by atoms with E-state index in [0.29, 0.717) is 16.3 Å². The summed E-state index contributed by atoms with van der Waals surface area (Å²) in [6, 6.07) is 9.83. The van der Waals surface area contributed by atoms with E-state index >= 15 is 0 Å². The van der Waals surface area contributed by atoms with Crippen molar-refractivity contribution in [2.45, 2.75) is 4.90 Å². The molecule has 0 spiro atoms. The monoisotopic (exact) mass is 541 g/mol. The van der Waals surface area contributed by atoms with Crippen LogP contribution in [0.4, 0.5) is 5.69 Å². The number of carbonyl (C=O) groups excluding carboxylic acids is 2. The van der Waals surface area contributed by atoms with Crippen molar-refractivity contribution < 1.29 is 32.6 Å². The minimum absolute atomic E-state index is 0.0960. The van der Waals surface area contributed by atoms with Gasteiger partial charge in [-0.15, -0.1) is 0 Å². The van der Waals surface area contributed by atoms with Gasteiger partial charge >= 0.3 is 5.97 Å². The Balaban J connectivity index is 1.71. The van der Waals surface area contributed by atoms with Gasteiger partial charge in [-0.05, 0) is 48.5 Å². The van der Waals surface area contributed by atoms with Gasteiger partial charge in [0.25, 0.3) is 11.8 Å². The highest BCUT2D eigenvalue weighted by Crippen LogP contribution is 2.35. The van der Waals surface area contributed by atoms with E-state index in [1.54, 1.807) is 0 Å². The van der Waals surface area contributed by atoms with E-state index in [1.165, 1.54) is 48.5 Å². The number of halogens is 1. The Morgan fingerprint density at radius 2 is 1.91 bits per heavy atom. The minimum Gasteiger partial charge on any atom is -0.483 e. The first kappa shape index (κ1) is 25.6. The zero-order valence-corrected chi connectivity index (χ0v) is 20.3. The maximum absolute atomic E-state index is 12.5. The molecular formula is C20H16ClN3O7S3. The van der Waals surface area contributed by atoms with E-state index in [9.17, 15) is 22.8 Å². The van der Waals surface area contributed by atoms with Gasteiger partial charge in [-0.3, -0.25) is 19.3 Å². The van der Waals surface area contributed by atoms with E-state index in [2.05, 4.69) is 5.32 Å². The molecule has 0 aromatic heterocycles. The van der Waals surface area contributed by atoms with Crippen LogP contribution in [0.2, 0.25) is 5.02 Å². The summed E-state index contributed by atoms with van der Waals surface area (Å²) >= 11 is 12.1. The molecule has 178 valence electrons. The maximum atomic E-state index is 12.5. The second-order valence-corrected chi connectivity index (χ2v) is 10.4. The standard InChI is InChI=1S/C20H16ClN3O7S3/c21-12-1-6-15(11(7-12)8-16-19(28)24(9-18(26)27)20(32)33-16)31-10-17(25)23-13-2-4-14(5-3-13)34(22,29)30/h1-8H,9-10H2,(H,23,25)(H,26,27)(H2,22,29,30)/b16-8-. The number of nitrogens with zero attached hydrogens (tertiary/aromatic N) is 1. The molecule has 1 fully saturated rings. The van der Waals surface area contributed by atoms with E-state index in [0.717, 1.165) is 16.7 Å². The average Bonchev–Trinajstić information content (AvgIpc) is 3.00. The lowest BCUT2D eigenvalue weighted by Crippen LogP contribution is -2.33. The molecule has 14 heteroatoms. The van der Waals surface area contributed by atoms with E-state index in [4.69, 9.17) is 38.8 Å². The van der Waals surface area contributed by atoms with Crippen LogP contribution in [0.3, 0.4) is 0 Å². The van der Waals surface area contributed by atoms with Crippen LogP contribution in [0.15, 0.2) is 52.3 Å². The number of rotatable bonds is 8. The fourth-order valence-corrected chi connectivity index (χ4v) is 4.69. The van der Waals surface area contributed by atoms with Crippen molar-refractivity contribution in [1.29, 1.82) is 0 Å². The Labute approximate surface area is 208 Å². The van der Waals surface area contributed by atoms with Gasteiger partial charge in [-0.25, -0.2) is 13.6 Å². The van der Waals surface area contributed by atoms with Crippen molar-refractivity contribution in [3.05, 3.63) is 58.0 Å². The second-order valence-electron chi connectivity index (χ2n) is 6.75. The lowest BCUT2D eigenvalue weighted by atomic mass is 10.2. The number of hydrogen-bond acceptors (Lipinski definition) is 8. The van der Waals surface area contributed by atoms with Crippen LogP contribution in [-0.2, 0) is 24.4 Å². The zero-order chi connectivity index (χ0) is 25.0. The molecule has 1 aliphatic heterocycles. The van der Waals surface area contributed by atoms with Crippen molar-refractivity contribution in [3.8, 4) is 5.75 Å². The number of carboxylic acids is 1. The Kier molecular flexibility index (Phi) is 7.94. The summed E-state index contributed by atoms with van der Waals surface area (Å²) in [5.74, 6) is -2.05. The minimum atomic E-state index is -3.85. The number of benzene rings is 2. The molecule has 1 heterocycles. The lowest BCUT2D eigenvalue weighted by Gasteiger charge is -2.11. The molecule has 0 bridgehead atoms. The van der Waals surface area contributed by atoms with E-state index in [1.807, 2.05) is 0 Å². The summed E-state index contributed by atoms with van der Waals surface area (Å²) in [6.45, 7) is -0.960. The van der Waals surface area contributed by atoms with Crippen molar-refractivity contribution in [1.82, 2.24) is 4.90 Å². The number of nitrogens with two attached hydrogens (primary N) is 1. The Hall–Kier alpha value is -2.97. The first-order valence-electron chi connectivity index (χ1n) is 9.26. The number of nitrogens with one attached hydrogen (secondary N) is 1. The first-order valence-corrected chi connectivity index (χ1v) is 12.4. The lowest BCUT2D eigenvalue weighted by molar-refractivity contribution is -0.140. The number of hydrogen-bond donors (Lipinski definition) is 3. The molecule has 0 aliphatic carbocycles. The molecule has 3 rings (SSSR count). The summed E-state index contributed by atoms with van der Waals surface area (Å²) in [7, 11) is -3.85. The molecule has 4 N–H and O–H groups in total. The fourth-order valence-electron chi connectivity index (χ4n) is 2.74. The highest BCUT2D eigenvalue weighted by atomic mass is 35.5. The van der Waals surface area contributed by atoms with Crippen molar-refractivity contribution in [3.63, 3.8) is 0 Å². The number of carbonyl (C=O) groups is 3. The molecule has 0 radical (unpaired) electrons. The molecule has 0 unspecified atom stereocenters. The predicted octanol–water partition coefficient (Wildman–Crippen LogP) is 2.29. The summed E-state index contributed by atoms with van der Waals surface area (Å²) < 4.78 is 28.3. The van der Waals surface area contributed by atoms with E-state index in [-0.39, 0.29) is 19.9 Å². The number of carboxylic acid groups (broad SMARTS) is 1. The summed E-state index contributed by atoms with van der Waals surface area (Å²) in [5.41, 5.74) is 0.716. The van der Waals surface area contributed by atoms with E-state index < -0.39 is 41.0 Å². The molecule has 1 aliphatic rings. The number of anilines is 1. The number of primary sulfonamides is 1. The fraction of sp³-hybridized carbons (Fsp3) is 0.100. The predicted molar refractivity (Wildman–Crippen MR) is 131 cm³/mol. The van der Waals surface area contributed by atoms with Crippen LogP contribution >= 0.6 is 35.6 Å². The summed E-state index contributed by atoms with van der Waals surface area (Å²) in [4.78, 5) is 36.8. The third-order valence-corrected chi connectivity index (χ3v) is 6.79. The summed E-state index contributed by atoms with van der Waals surface area (Å²) in [5, 5.41) is 16.9. The largest absolute Gasteiger partial charge is 0.483 e. The van der Waals surface area contributed by atoms with Gasteiger partial charge in [0.15, 0.2) is 6.61 Å². The Morgan fingerprint density at radius 1 is 1.24 bits per heavy atom. The normalized spacial score (nSPS) is 15.0. The number of sulfonamides is 1. The van der Waals surface area contributed by atoms with Crippen LogP contribution in [0.1, 0.15) is 5.56 Å². The number of aliphatic carboxylic acids is 1. The van der Waals surface area contributed by atoms with Crippen LogP contribution in [0.25, 0.3) is 6.08 Å². The Morgan fingerprint density at radius 3 is 2.53 bits per heavy atom. The summed E-state index contributed by atoms with van der Waals surface area (Å²) in [6.07, 6.45) is 1.45. The molecule has 1 saturated heterocycles. The van der Waals surface area contributed by atoms with Crippen molar-refractivity contribution in [2.75, 3.05) is 18.5 Å². The third kappa shape index (κ3) is 6.55. The van der Waals surface area contributed by atoms with Crippen molar-refractivity contribution >= 4 is 79.5 Å². The smallest absolute Gasteiger partial charge is 0.323 e. The highest BCUT2D eigenvalue weighted by Gasteiger charge is 2.33. The molecule has 2 aromatic carbocycles. The quantitative estimate of drug-likeness (QED) is 0.337. The van der Waals surface area contributed by atoms with Gasteiger partial charge in [0.2, 0.25) is 10.0 Å². The molecular weight excluding hydrogens is 526 g/mol. The van der Waals surface area contributed by atoms with Crippen LogP contribution < -0.4 is 15.2 Å². The first-order chi connectivity index (χ1) is 15.9. The van der Waals surface area contributed by atoms with Crippen LogP contribution in [-0.4, -0.2) is 53.7 Å². The van der Waals surface area contributed by atoms with Gasteiger partial charge < -0.3 is 15.2 Å². The SMILES string of the molecule is NS(=O)(=O)c1ccc(NC(=O)COc2ccc(Cl)cc2/C=C2\SC(=S)N(CC(=O)O)C2=O)cc1. The number of amides is 2. The van der Waals surface area contributed by atoms with Crippen molar-refractivity contribution in [2.24, 2.45) is 5.14 Å². The van der Waals surface area contributed by atoms with Gasteiger partial charge in [0.1, 0.15) is 16.6 Å². The topological polar surface area (TPSA) is 156 Å².